The number of carboxylic acids is 1. The third-order valence-corrected chi connectivity index (χ3v) is 4.22. The number of hydrogen-bond acceptors (Lipinski definition) is 5. The van der Waals surface area contributed by atoms with Gasteiger partial charge in [0.05, 0.1) is 18.6 Å². The minimum atomic E-state index is -1.03. The third kappa shape index (κ3) is 4.45. The molecule has 2 aromatic rings. The second-order valence-electron chi connectivity index (χ2n) is 4.93. The molecule has 1 aromatic carbocycles. The van der Waals surface area contributed by atoms with Gasteiger partial charge in [-0.25, -0.2) is 4.79 Å². The highest BCUT2D eigenvalue weighted by atomic mass is 32.1. The molecule has 0 saturated heterocycles. The van der Waals surface area contributed by atoms with E-state index in [1.165, 1.54) is 18.2 Å². The normalized spacial score (nSPS) is 10.8. The highest BCUT2D eigenvalue weighted by Crippen LogP contribution is 2.29. The first-order chi connectivity index (χ1) is 11.5. The maximum atomic E-state index is 12.1. The van der Waals surface area contributed by atoms with Crippen molar-refractivity contribution in [2.75, 3.05) is 13.7 Å². The SMILES string of the molecule is CCCOc1cc(/C=C/C(=O)c2ccc(C(=O)O)s2)ccc1OC. The number of thiophene rings is 1. The molecule has 1 aromatic heterocycles. The Bertz CT molecular complexity index is 761. The van der Waals surface area contributed by atoms with Crippen molar-refractivity contribution in [2.24, 2.45) is 0 Å². The summed E-state index contributed by atoms with van der Waals surface area (Å²) in [5, 5.41) is 8.89. The summed E-state index contributed by atoms with van der Waals surface area (Å²) in [5.41, 5.74) is 0.797. The molecular weight excluding hydrogens is 328 g/mol. The molecule has 2 rings (SSSR count). The average Bonchev–Trinajstić information content (AvgIpc) is 3.08. The van der Waals surface area contributed by atoms with Gasteiger partial charge in [0.15, 0.2) is 17.3 Å². The molecule has 0 radical (unpaired) electrons. The number of benzene rings is 1. The zero-order valence-electron chi connectivity index (χ0n) is 13.4. The van der Waals surface area contributed by atoms with Crippen LogP contribution in [0.4, 0.5) is 0 Å². The van der Waals surface area contributed by atoms with E-state index in [0.717, 1.165) is 23.3 Å². The van der Waals surface area contributed by atoms with Crippen molar-refractivity contribution in [3.8, 4) is 11.5 Å². The summed E-state index contributed by atoms with van der Waals surface area (Å²) < 4.78 is 10.9. The van der Waals surface area contributed by atoms with E-state index in [1.807, 2.05) is 13.0 Å². The molecule has 6 heteroatoms. The van der Waals surface area contributed by atoms with E-state index in [2.05, 4.69) is 0 Å². The predicted molar refractivity (Wildman–Crippen MR) is 93.4 cm³/mol. The van der Waals surface area contributed by atoms with E-state index in [9.17, 15) is 9.59 Å². The summed E-state index contributed by atoms with van der Waals surface area (Å²) in [4.78, 5) is 23.5. The number of ether oxygens (including phenoxy) is 2. The predicted octanol–water partition coefficient (Wildman–Crippen LogP) is 4.14. The first-order valence-electron chi connectivity index (χ1n) is 7.41. The summed E-state index contributed by atoms with van der Waals surface area (Å²) in [6, 6.07) is 8.35. The van der Waals surface area contributed by atoms with Crippen LogP contribution in [0.15, 0.2) is 36.4 Å². The Morgan fingerprint density at radius 3 is 2.54 bits per heavy atom. The standard InChI is InChI=1S/C18H18O5S/c1-3-10-23-15-11-12(5-7-14(15)22-2)4-6-13(19)16-8-9-17(24-16)18(20)21/h4-9,11H,3,10H2,1-2H3,(H,20,21)/b6-4+. The Labute approximate surface area is 144 Å². The Kier molecular flexibility index (Phi) is 6.14. The number of methoxy groups -OCH3 is 1. The summed E-state index contributed by atoms with van der Waals surface area (Å²) in [5.74, 6) is -0.00948. The van der Waals surface area contributed by atoms with Crippen LogP contribution in [0.1, 0.15) is 38.3 Å². The molecule has 0 aliphatic rings. The summed E-state index contributed by atoms with van der Waals surface area (Å²) in [6.45, 7) is 2.59. The molecule has 0 saturated carbocycles. The zero-order valence-corrected chi connectivity index (χ0v) is 14.3. The summed E-state index contributed by atoms with van der Waals surface area (Å²) in [7, 11) is 1.57. The Morgan fingerprint density at radius 1 is 1.17 bits per heavy atom. The van der Waals surface area contributed by atoms with Crippen molar-refractivity contribution in [3.63, 3.8) is 0 Å². The van der Waals surface area contributed by atoms with Crippen LogP contribution in [0.2, 0.25) is 0 Å². The van der Waals surface area contributed by atoms with E-state index >= 15 is 0 Å². The van der Waals surface area contributed by atoms with Crippen LogP contribution in [0, 0.1) is 0 Å². The molecule has 0 bridgehead atoms. The molecule has 0 atom stereocenters. The third-order valence-electron chi connectivity index (χ3n) is 3.14. The van der Waals surface area contributed by atoms with Gasteiger partial charge in [-0.05, 0) is 42.3 Å². The van der Waals surface area contributed by atoms with Crippen molar-refractivity contribution >= 4 is 29.2 Å². The molecule has 0 aliphatic heterocycles. The molecule has 24 heavy (non-hydrogen) atoms. The molecule has 0 spiro atoms. The molecule has 0 fully saturated rings. The van der Waals surface area contributed by atoms with Gasteiger partial charge in [0.1, 0.15) is 4.88 Å². The second-order valence-corrected chi connectivity index (χ2v) is 6.01. The van der Waals surface area contributed by atoms with Gasteiger partial charge in [-0.1, -0.05) is 19.1 Å². The van der Waals surface area contributed by atoms with Gasteiger partial charge in [-0.3, -0.25) is 4.79 Å². The van der Waals surface area contributed by atoms with Crippen molar-refractivity contribution in [1.29, 1.82) is 0 Å². The molecule has 1 N–H and O–H groups in total. The van der Waals surface area contributed by atoms with Crippen LogP contribution >= 0.6 is 11.3 Å². The molecule has 126 valence electrons. The van der Waals surface area contributed by atoms with Gasteiger partial charge in [0.25, 0.3) is 0 Å². The van der Waals surface area contributed by atoms with Crippen molar-refractivity contribution in [3.05, 3.63) is 51.7 Å². The fraction of sp³-hybridized carbons (Fsp3) is 0.222. The van der Waals surface area contributed by atoms with Crippen LogP contribution in [0.5, 0.6) is 11.5 Å². The van der Waals surface area contributed by atoms with Crippen LogP contribution in [-0.2, 0) is 0 Å². The lowest BCUT2D eigenvalue weighted by molar-refractivity contribution is 0.0702. The van der Waals surface area contributed by atoms with Crippen LogP contribution < -0.4 is 9.47 Å². The van der Waals surface area contributed by atoms with Crippen LogP contribution in [0.25, 0.3) is 6.08 Å². The number of ketones is 1. The van der Waals surface area contributed by atoms with Gasteiger partial charge in [0.2, 0.25) is 0 Å². The van der Waals surface area contributed by atoms with E-state index < -0.39 is 5.97 Å². The highest BCUT2D eigenvalue weighted by molar-refractivity contribution is 7.16. The molecule has 5 nitrogen and oxygen atoms in total. The van der Waals surface area contributed by atoms with E-state index in [4.69, 9.17) is 14.6 Å². The fourth-order valence-electron chi connectivity index (χ4n) is 1.96. The van der Waals surface area contributed by atoms with Gasteiger partial charge in [0, 0.05) is 0 Å². The first-order valence-corrected chi connectivity index (χ1v) is 8.23. The van der Waals surface area contributed by atoms with Crippen LogP contribution in [-0.4, -0.2) is 30.6 Å². The van der Waals surface area contributed by atoms with Crippen molar-refractivity contribution < 1.29 is 24.2 Å². The van der Waals surface area contributed by atoms with Gasteiger partial charge in [-0.15, -0.1) is 11.3 Å². The molecule has 0 unspecified atom stereocenters. The zero-order chi connectivity index (χ0) is 17.5. The van der Waals surface area contributed by atoms with Gasteiger partial charge in [-0.2, -0.15) is 0 Å². The Balaban J connectivity index is 2.15. The average molecular weight is 346 g/mol. The Hall–Kier alpha value is -2.60. The number of carboxylic acid groups (broad SMARTS) is 1. The van der Waals surface area contributed by atoms with Gasteiger partial charge >= 0.3 is 5.97 Å². The fourth-order valence-corrected chi connectivity index (χ4v) is 2.73. The highest BCUT2D eigenvalue weighted by Gasteiger charge is 2.11. The van der Waals surface area contributed by atoms with Crippen molar-refractivity contribution in [1.82, 2.24) is 0 Å². The molecular formula is C18H18O5S. The van der Waals surface area contributed by atoms with E-state index in [1.54, 1.807) is 25.3 Å². The Morgan fingerprint density at radius 2 is 1.92 bits per heavy atom. The lowest BCUT2D eigenvalue weighted by atomic mass is 10.1. The van der Waals surface area contributed by atoms with E-state index in [-0.39, 0.29) is 10.7 Å². The number of carbonyl (C=O) groups excluding carboxylic acids is 1. The topological polar surface area (TPSA) is 72.8 Å². The minimum absolute atomic E-state index is 0.145. The van der Waals surface area contributed by atoms with Crippen LogP contribution in [0.3, 0.4) is 0 Å². The maximum absolute atomic E-state index is 12.1. The second kappa shape index (κ2) is 8.31. The molecule has 0 aliphatic carbocycles. The largest absolute Gasteiger partial charge is 0.493 e. The van der Waals surface area contributed by atoms with E-state index in [0.29, 0.717) is 23.0 Å². The maximum Gasteiger partial charge on any atom is 0.345 e. The quantitative estimate of drug-likeness (QED) is 0.574. The number of allylic oxidation sites excluding steroid dienone is 1. The molecule has 1 heterocycles. The smallest absolute Gasteiger partial charge is 0.345 e. The number of rotatable bonds is 8. The number of hydrogen-bond donors (Lipinski definition) is 1. The van der Waals surface area contributed by atoms with Gasteiger partial charge < -0.3 is 14.6 Å². The monoisotopic (exact) mass is 346 g/mol. The van der Waals surface area contributed by atoms with Crippen molar-refractivity contribution in [2.45, 2.75) is 13.3 Å². The lowest BCUT2D eigenvalue weighted by Crippen LogP contribution is -1.98. The lowest BCUT2D eigenvalue weighted by Gasteiger charge is -2.10. The summed E-state index contributed by atoms with van der Waals surface area (Å²) in [6.07, 6.45) is 3.97. The number of aromatic carboxylic acids is 1. The first kappa shape index (κ1) is 17.7. The number of carbonyl (C=O) groups is 2. The molecule has 0 amide bonds. The minimum Gasteiger partial charge on any atom is -0.493 e. The summed E-state index contributed by atoms with van der Waals surface area (Å²) >= 11 is 0.960.